The molecular weight excluding hydrogens is 248 g/mol. The smallest absolute Gasteiger partial charge is 0.134 e. The lowest BCUT2D eigenvalue weighted by atomic mass is 9.88. The molecule has 0 amide bonds. The minimum absolute atomic E-state index is 0.624. The van der Waals surface area contributed by atoms with Gasteiger partial charge in [0, 0.05) is 19.6 Å². The Bertz CT molecular complexity index is 436. The summed E-state index contributed by atoms with van der Waals surface area (Å²) in [6, 6.07) is 12.5. The van der Waals surface area contributed by atoms with Crippen molar-refractivity contribution in [1.29, 1.82) is 5.26 Å². The Morgan fingerprint density at radius 1 is 1.35 bits per heavy atom. The third kappa shape index (κ3) is 4.06. The van der Waals surface area contributed by atoms with Crippen LogP contribution in [0.25, 0.3) is 0 Å². The molecule has 0 aromatic heterocycles. The Balaban J connectivity index is 1.99. The molecule has 3 nitrogen and oxygen atoms in total. The summed E-state index contributed by atoms with van der Waals surface area (Å²) in [5, 5.41) is 13.1. The average Bonchev–Trinajstić information content (AvgIpc) is 3.32. The quantitative estimate of drug-likeness (QED) is 0.702. The first-order valence-electron chi connectivity index (χ1n) is 7.60. The molecule has 0 spiro atoms. The number of hydrogen-bond donors (Lipinski definition) is 1. The maximum atomic E-state index is 9.71. The van der Waals surface area contributed by atoms with E-state index in [-0.39, 0.29) is 0 Å². The van der Waals surface area contributed by atoms with Gasteiger partial charge in [0.15, 0.2) is 0 Å². The summed E-state index contributed by atoms with van der Waals surface area (Å²) in [4.78, 5) is 0. The van der Waals surface area contributed by atoms with Crippen LogP contribution in [0, 0.1) is 17.2 Å². The molecule has 0 bridgehead atoms. The summed E-state index contributed by atoms with van der Waals surface area (Å²) in [5.74, 6) is 0.770. The maximum Gasteiger partial charge on any atom is 0.134 e. The van der Waals surface area contributed by atoms with Gasteiger partial charge in [-0.2, -0.15) is 5.26 Å². The van der Waals surface area contributed by atoms with Gasteiger partial charge in [0.05, 0.1) is 6.07 Å². The van der Waals surface area contributed by atoms with Crippen LogP contribution in [0.3, 0.4) is 0 Å². The summed E-state index contributed by atoms with van der Waals surface area (Å²) < 4.78 is 5.73. The van der Waals surface area contributed by atoms with E-state index in [1.807, 2.05) is 30.3 Å². The molecule has 3 heteroatoms. The Kier molecular flexibility index (Phi) is 5.58. The summed E-state index contributed by atoms with van der Waals surface area (Å²) in [6.07, 6.45) is 4.31. The van der Waals surface area contributed by atoms with E-state index < -0.39 is 5.54 Å². The van der Waals surface area contributed by atoms with Crippen LogP contribution in [0.2, 0.25) is 0 Å². The molecule has 1 unspecified atom stereocenters. The molecule has 1 aromatic carbocycles. The molecule has 0 aliphatic heterocycles. The van der Waals surface area contributed by atoms with E-state index in [1.165, 1.54) is 12.8 Å². The fourth-order valence-electron chi connectivity index (χ4n) is 2.32. The van der Waals surface area contributed by atoms with Crippen molar-refractivity contribution in [2.45, 2.75) is 38.1 Å². The van der Waals surface area contributed by atoms with Crippen molar-refractivity contribution in [3.63, 3.8) is 0 Å². The van der Waals surface area contributed by atoms with Crippen LogP contribution in [0.5, 0.6) is 0 Å². The monoisotopic (exact) mass is 272 g/mol. The minimum atomic E-state index is -0.624. The summed E-state index contributed by atoms with van der Waals surface area (Å²) in [7, 11) is 0. The van der Waals surface area contributed by atoms with Gasteiger partial charge in [-0.15, -0.1) is 0 Å². The van der Waals surface area contributed by atoms with Gasteiger partial charge in [-0.05, 0) is 37.3 Å². The lowest BCUT2D eigenvalue weighted by molar-refractivity contribution is 0.107. The van der Waals surface area contributed by atoms with E-state index in [0.717, 1.165) is 31.1 Å². The summed E-state index contributed by atoms with van der Waals surface area (Å²) in [5.41, 5.74) is 0.409. The van der Waals surface area contributed by atoms with Gasteiger partial charge >= 0.3 is 0 Å². The second-order valence-corrected chi connectivity index (χ2v) is 5.58. The molecule has 1 atom stereocenters. The van der Waals surface area contributed by atoms with Gasteiger partial charge in [-0.3, -0.25) is 5.32 Å². The summed E-state index contributed by atoms with van der Waals surface area (Å²) >= 11 is 0. The van der Waals surface area contributed by atoms with Crippen molar-refractivity contribution in [1.82, 2.24) is 5.32 Å². The summed E-state index contributed by atoms with van der Waals surface area (Å²) in [6.45, 7) is 4.44. The first-order chi connectivity index (χ1) is 9.80. The fourth-order valence-corrected chi connectivity index (χ4v) is 2.32. The Hall–Kier alpha value is -1.37. The molecule has 0 radical (unpaired) electrons. The van der Waals surface area contributed by atoms with Crippen molar-refractivity contribution in [3.05, 3.63) is 35.9 Å². The molecule has 2 rings (SSSR count). The highest BCUT2D eigenvalue weighted by molar-refractivity contribution is 5.31. The second-order valence-electron chi connectivity index (χ2n) is 5.58. The highest BCUT2D eigenvalue weighted by atomic mass is 16.5. The predicted octanol–water partition coefficient (Wildman–Crippen LogP) is 3.22. The zero-order valence-corrected chi connectivity index (χ0v) is 12.3. The van der Waals surface area contributed by atoms with Crippen LogP contribution in [0.15, 0.2) is 30.3 Å². The van der Waals surface area contributed by atoms with E-state index >= 15 is 0 Å². The minimum Gasteiger partial charge on any atom is -0.381 e. The van der Waals surface area contributed by atoms with Gasteiger partial charge in [0.2, 0.25) is 0 Å². The first-order valence-corrected chi connectivity index (χ1v) is 7.60. The largest absolute Gasteiger partial charge is 0.381 e. The van der Waals surface area contributed by atoms with Crippen LogP contribution in [0.4, 0.5) is 0 Å². The van der Waals surface area contributed by atoms with Crippen LogP contribution in [0.1, 0.15) is 38.2 Å². The van der Waals surface area contributed by atoms with E-state index in [0.29, 0.717) is 13.0 Å². The van der Waals surface area contributed by atoms with Crippen LogP contribution in [-0.2, 0) is 10.3 Å². The van der Waals surface area contributed by atoms with Crippen molar-refractivity contribution < 1.29 is 4.74 Å². The van der Waals surface area contributed by atoms with Crippen molar-refractivity contribution in [3.8, 4) is 6.07 Å². The van der Waals surface area contributed by atoms with Gasteiger partial charge < -0.3 is 4.74 Å². The van der Waals surface area contributed by atoms with Crippen LogP contribution < -0.4 is 5.32 Å². The lowest BCUT2D eigenvalue weighted by Gasteiger charge is -2.28. The molecule has 1 saturated carbocycles. The Labute approximate surface area is 121 Å². The predicted molar refractivity (Wildman–Crippen MR) is 80.2 cm³/mol. The van der Waals surface area contributed by atoms with Crippen molar-refractivity contribution in [2.24, 2.45) is 5.92 Å². The highest BCUT2D eigenvalue weighted by Gasteiger charge is 2.31. The van der Waals surface area contributed by atoms with Crippen LogP contribution >= 0.6 is 0 Å². The standard InChI is InChI=1S/C17H24N2O/c1-2-11-19-17(14-18,16-6-4-3-5-7-16)10-12-20-13-15-8-9-15/h3-7,15,19H,2,8-13H2,1H3. The molecule has 1 fully saturated rings. The molecule has 1 aliphatic carbocycles. The van der Waals surface area contributed by atoms with Gasteiger partial charge in [-0.1, -0.05) is 37.3 Å². The molecule has 20 heavy (non-hydrogen) atoms. The first kappa shape index (κ1) is 15.0. The van der Waals surface area contributed by atoms with Gasteiger partial charge in [0.25, 0.3) is 0 Å². The number of nitrogens with one attached hydrogen (secondary N) is 1. The highest BCUT2D eigenvalue weighted by Crippen LogP contribution is 2.29. The third-order valence-corrected chi connectivity index (χ3v) is 3.81. The van der Waals surface area contributed by atoms with E-state index in [2.05, 4.69) is 18.3 Å². The molecule has 0 saturated heterocycles. The number of benzene rings is 1. The van der Waals surface area contributed by atoms with Crippen molar-refractivity contribution >= 4 is 0 Å². The third-order valence-electron chi connectivity index (χ3n) is 3.81. The molecule has 0 heterocycles. The van der Waals surface area contributed by atoms with Gasteiger partial charge in [0.1, 0.15) is 5.54 Å². The SMILES string of the molecule is CCCNC(C#N)(CCOCC1CC1)c1ccccc1. The van der Waals surface area contributed by atoms with E-state index in [1.54, 1.807) is 0 Å². The zero-order valence-electron chi connectivity index (χ0n) is 12.3. The second kappa shape index (κ2) is 7.42. The number of hydrogen-bond acceptors (Lipinski definition) is 3. The molecule has 1 aliphatic rings. The molecule has 108 valence electrons. The molecule has 1 N–H and O–H groups in total. The number of rotatable bonds is 9. The number of nitrogens with zero attached hydrogens (tertiary/aromatic N) is 1. The number of nitriles is 1. The Morgan fingerprint density at radius 2 is 2.10 bits per heavy atom. The molecular formula is C17H24N2O. The number of ether oxygens (including phenoxy) is 1. The van der Waals surface area contributed by atoms with E-state index in [9.17, 15) is 5.26 Å². The van der Waals surface area contributed by atoms with E-state index in [4.69, 9.17) is 4.74 Å². The average molecular weight is 272 g/mol. The van der Waals surface area contributed by atoms with Gasteiger partial charge in [-0.25, -0.2) is 0 Å². The lowest BCUT2D eigenvalue weighted by Crippen LogP contribution is -2.42. The Morgan fingerprint density at radius 3 is 2.70 bits per heavy atom. The maximum absolute atomic E-state index is 9.71. The molecule has 1 aromatic rings. The normalized spacial score (nSPS) is 17.4. The van der Waals surface area contributed by atoms with Crippen LogP contribution in [-0.4, -0.2) is 19.8 Å². The fraction of sp³-hybridized carbons (Fsp3) is 0.588. The zero-order chi connectivity index (χ0) is 14.3. The topological polar surface area (TPSA) is 45.0 Å². The van der Waals surface area contributed by atoms with Crippen molar-refractivity contribution in [2.75, 3.05) is 19.8 Å².